The van der Waals surface area contributed by atoms with Gasteiger partial charge in [-0.3, -0.25) is 9.59 Å². The van der Waals surface area contributed by atoms with E-state index < -0.39 is 12.1 Å². The van der Waals surface area contributed by atoms with Gasteiger partial charge in [0.05, 0.1) is 34.5 Å². The van der Waals surface area contributed by atoms with Crippen LogP contribution in [-0.4, -0.2) is 57.4 Å². The van der Waals surface area contributed by atoms with Gasteiger partial charge in [-0.25, -0.2) is 0 Å². The number of amides is 2. The van der Waals surface area contributed by atoms with E-state index in [0.717, 1.165) is 12.0 Å². The second-order valence-electron chi connectivity index (χ2n) is 9.16. The number of carbonyl (C=O) groups excluding carboxylic acids is 2. The fourth-order valence-electron chi connectivity index (χ4n) is 4.05. The van der Waals surface area contributed by atoms with Gasteiger partial charge in [0.25, 0.3) is 0 Å². The lowest BCUT2D eigenvalue weighted by Gasteiger charge is -2.26. The van der Waals surface area contributed by atoms with Gasteiger partial charge in [-0.2, -0.15) is 0 Å². The molecule has 10 nitrogen and oxygen atoms in total. The van der Waals surface area contributed by atoms with Crippen molar-refractivity contribution in [3.05, 3.63) is 41.5 Å². The van der Waals surface area contributed by atoms with Crippen molar-refractivity contribution < 1.29 is 33.6 Å². The highest BCUT2D eigenvalue weighted by Gasteiger charge is 2.28. The van der Waals surface area contributed by atoms with Gasteiger partial charge >= 0.3 is 0 Å². The molecule has 2 rings (SSSR count). The third kappa shape index (κ3) is 7.92. The van der Waals surface area contributed by atoms with Gasteiger partial charge in [0.1, 0.15) is 17.5 Å². The van der Waals surface area contributed by atoms with Crippen LogP contribution in [0.5, 0.6) is 28.7 Å². The maximum atomic E-state index is 13.3. The Bertz CT molecular complexity index is 1070. The van der Waals surface area contributed by atoms with Crippen molar-refractivity contribution in [2.24, 2.45) is 5.92 Å². The Balaban J connectivity index is 2.09. The Morgan fingerprint density at radius 3 is 2.11 bits per heavy atom. The lowest BCUT2D eigenvalue weighted by molar-refractivity contribution is -0.131. The molecular weight excluding hydrogens is 490 g/mol. The fourth-order valence-corrected chi connectivity index (χ4v) is 4.05. The quantitative estimate of drug-likeness (QED) is 0.276. The highest BCUT2D eigenvalue weighted by Crippen LogP contribution is 2.39. The number of nitrogens with one attached hydrogen (secondary N) is 3. The summed E-state index contributed by atoms with van der Waals surface area (Å²) in [6.45, 7) is 6.19. The van der Waals surface area contributed by atoms with Crippen molar-refractivity contribution in [2.75, 3.05) is 28.4 Å². The molecule has 2 aromatic rings. The van der Waals surface area contributed by atoms with Crippen LogP contribution < -0.4 is 34.9 Å². The molecule has 0 aromatic heterocycles. The molecule has 210 valence electrons. The predicted octanol–water partition coefficient (Wildman–Crippen LogP) is 3.14. The van der Waals surface area contributed by atoms with E-state index in [0.29, 0.717) is 41.5 Å². The van der Waals surface area contributed by atoms with Crippen molar-refractivity contribution >= 4 is 11.8 Å². The van der Waals surface area contributed by atoms with Crippen molar-refractivity contribution in [3.8, 4) is 28.7 Å². The van der Waals surface area contributed by atoms with Gasteiger partial charge in [-0.15, -0.1) is 0 Å². The zero-order valence-corrected chi connectivity index (χ0v) is 23.3. The van der Waals surface area contributed by atoms with Crippen LogP contribution in [-0.2, 0) is 22.7 Å². The van der Waals surface area contributed by atoms with E-state index in [-0.39, 0.29) is 30.0 Å². The summed E-state index contributed by atoms with van der Waals surface area (Å²) in [5, 5.41) is 19.2. The number of hydrogen-bond donors (Lipinski definition) is 4. The van der Waals surface area contributed by atoms with Crippen molar-refractivity contribution in [2.45, 2.75) is 58.8 Å². The first-order valence-electron chi connectivity index (χ1n) is 12.7. The van der Waals surface area contributed by atoms with Gasteiger partial charge in [0.2, 0.25) is 17.6 Å². The van der Waals surface area contributed by atoms with Gasteiger partial charge in [-0.05, 0) is 30.5 Å². The molecule has 38 heavy (non-hydrogen) atoms. The number of hydrogen-bond acceptors (Lipinski definition) is 8. The molecule has 2 aromatic carbocycles. The lowest BCUT2D eigenvalue weighted by atomic mass is 10.0. The van der Waals surface area contributed by atoms with Gasteiger partial charge in [-0.1, -0.05) is 33.3 Å². The number of rotatable bonds is 15. The number of aromatic hydroxyl groups is 1. The minimum absolute atomic E-state index is 0.0209. The van der Waals surface area contributed by atoms with E-state index in [1.165, 1.54) is 20.3 Å². The van der Waals surface area contributed by atoms with Crippen LogP contribution in [0.15, 0.2) is 30.3 Å². The Morgan fingerprint density at radius 2 is 1.55 bits per heavy atom. The van der Waals surface area contributed by atoms with Gasteiger partial charge in [0, 0.05) is 30.3 Å². The molecule has 0 spiro atoms. The van der Waals surface area contributed by atoms with Crippen LogP contribution >= 0.6 is 0 Å². The largest absolute Gasteiger partial charge is 0.507 e. The van der Waals surface area contributed by atoms with E-state index in [1.54, 1.807) is 32.4 Å². The second-order valence-corrected chi connectivity index (χ2v) is 9.16. The Kier molecular flexibility index (Phi) is 12.0. The standard InChI is InChI=1S/C28H41N3O7/c1-8-9-21(29-16-19-11-13-23(36-5)26(38-7)25(19)37-6)27(33)31-24(17(2)3)28(34)30-15-18-10-12-20(35-4)14-22(18)32/h10-14,17,21,24,29,32H,8-9,15-16H2,1-7H3,(H,30,34)(H,31,33)/t21?,24-/m0/s1. The molecule has 0 fully saturated rings. The molecule has 0 saturated heterocycles. The zero-order valence-electron chi connectivity index (χ0n) is 23.3. The molecule has 0 radical (unpaired) electrons. The number of ether oxygens (including phenoxy) is 4. The molecule has 2 atom stereocenters. The number of phenols is 1. The predicted molar refractivity (Wildman–Crippen MR) is 145 cm³/mol. The van der Waals surface area contributed by atoms with E-state index in [2.05, 4.69) is 16.0 Å². The molecule has 0 heterocycles. The minimum atomic E-state index is -0.750. The maximum Gasteiger partial charge on any atom is 0.243 e. The molecule has 0 saturated carbocycles. The molecule has 0 aliphatic rings. The Labute approximate surface area is 225 Å². The Morgan fingerprint density at radius 1 is 0.868 bits per heavy atom. The first kappa shape index (κ1) is 30.6. The summed E-state index contributed by atoms with van der Waals surface area (Å²) >= 11 is 0. The van der Waals surface area contributed by atoms with Crippen LogP contribution in [0.4, 0.5) is 0 Å². The second kappa shape index (κ2) is 14.9. The van der Waals surface area contributed by atoms with Crippen molar-refractivity contribution in [1.82, 2.24) is 16.0 Å². The molecule has 10 heteroatoms. The van der Waals surface area contributed by atoms with Crippen LogP contribution in [0.25, 0.3) is 0 Å². The number of methoxy groups -OCH3 is 4. The van der Waals surface area contributed by atoms with Crippen LogP contribution in [0.3, 0.4) is 0 Å². The maximum absolute atomic E-state index is 13.3. The topological polar surface area (TPSA) is 127 Å². The van der Waals surface area contributed by atoms with Crippen LogP contribution in [0, 0.1) is 5.92 Å². The van der Waals surface area contributed by atoms with Gasteiger partial charge in [0.15, 0.2) is 11.5 Å². The average molecular weight is 532 g/mol. The normalized spacial score (nSPS) is 12.4. The minimum Gasteiger partial charge on any atom is -0.507 e. The molecule has 4 N–H and O–H groups in total. The molecule has 2 amide bonds. The summed E-state index contributed by atoms with van der Waals surface area (Å²) in [5.74, 6) is 1.33. The SMILES string of the molecule is CCCC(NCc1ccc(OC)c(OC)c1OC)C(=O)N[C@H](C(=O)NCc1ccc(OC)cc1O)C(C)C. The number of carbonyl (C=O) groups is 2. The van der Waals surface area contributed by atoms with Crippen LogP contribution in [0.1, 0.15) is 44.7 Å². The first-order valence-corrected chi connectivity index (χ1v) is 12.7. The highest BCUT2D eigenvalue weighted by molar-refractivity contribution is 5.90. The van der Waals surface area contributed by atoms with Crippen LogP contribution in [0.2, 0.25) is 0 Å². The highest BCUT2D eigenvalue weighted by atomic mass is 16.5. The number of phenolic OH excluding ortho intramolecular Hbond substituents is 1. The third-order valence-electron chi connectivity index (χ3n) is 6.21. The molecular formula is C28H41N3O7. The average Bonchev–Trinajstić information content (AvgIpc) is 2.91. The molecule has 0 aliphatic heterocycles. The zero-order chi connectivity index (χ0) is 28.2. The van der Waals surface area contributed by atoms with E-state index in [1.807, 2.05) is 26.8 Å². The monoisotopic (exact) mass is 531 g/mol. The third-order valence-corrected chi connectivity index (χ3v) is 6.21. The summed E-state index contributed by atoms with van der Waals surface area (Å²) in [4.78, 5) is 26.3. The van der Waals surface area contributed by atoms with E-state index in [4.69, 9.17) is 18.9 Å². The molecule has 0 bridgehead atoms. The fraction of sp³-hybridized carbons (Fsp3) is 0.500. The smallest absolute Gasteiger partial charge is 0.243 e. The van der Waals surface area contributed by atoms with E-state index >= 15 is 0 Å². The summed E-state index contributed by atoms with van der Waals surface area (Å²) in [5.41, 5.74) is 1.35. The summed E-state index contributed by atoms with van der Waals surface area (Å²) in [6, 6.07) is 7.23. The summed E-state index contributed by atoms with van der Waals surface area (Å²) in [7, 11) is 6.15. The molecule has 0 aliphatic carbocycles. The van der Waals surface area contributed by atoms with E-state index in [9.17, 15) is 14.7 Å². The first-order chi connectivity index (χ1) is 18.2. The summed E-state index contributed by atoms with van der Waals surface area (Å²) in [6.07, 6.45) is 1.34. The number of benzene rings is 2. The molecule has 1 unspecified atom stereocenters. The van der Waals surface area contributed by atoms with Crippen molar-refractivity contribution in [1.29, 1.82) is 0 Å². The van der Waals surface area contributed by atoms with Crippen molar-refractivity contribution in [3.63, 3.8) is 0 Å². The summed E-state index contributed by atoms with van der Waals surface area (Å²) < 4.78 is 21.4. The van der Waals surface area contributed by atoms with Gasteiger partial charge < -0.3 is 40.0 Å². The lowest BCUT2D eigenvalue weighted by Crippen LogP contribution is -2.54. The Hall–Kier alpha value is -3.66.